The second-order valence-electron chi connectivity index (χ2n) is 7.65. The number of pyridine rings is 2. The van der Waals surface area contributed by atoms with Crippen LogP contribution in [-0.4, -0.2) is 4.40 Å². The Morgan fingerprint density at radius 1 is 0.533 bits per heavy atom. The number of furan rings is 1. The molecule has 7 aromatic rings. The number of rotatable bonds is 0. The van der Waals surface area contributed by atoms with E-state index in [-0.39, 0.29) is 10.9 Å². The minimum absolute atomic E-state index is 0.0632. The predicted octanol–water partition coefficient (Wildman–Crippen LogP) is 5.46. The van der Waals surface area contributed by atoms with Crippen molar-refractivity contribution >= 4 is 60.0 Å². The van der Waals surface area contributed by atoms with Crippen LogP contribution in [0.5, 0.6) is 0 Å². The highest BCUT2D eigenvalue weighted by atomic mass is 16.3. The van der Waals surface area contributed by atoms with Gasteiger partial charge in [0.15, 0.2) is 16.4 Å². The van der Waals surface area contributed by atoms with Crippen molar-refractivity contribution < 1.29 is 4.42 Å². The summed E-state index contributed by atoms with van der Waals surface area (Å²) in [6.07, 6.45) is 0. The van der Waals surface area contributed by atoms with Crippen LogP contribution in [0.1, 0.15) is 0 Å². The Labute approximate surface area is 168 Å². The van der Waals surface area contributed by atoms with Gasteiger partial charge in [0.25, 0.3) is 0 Å². The fourth-order valence-electron chi connectivity index (χ4n) is 4.83. The van der Waals surface area contributed by atoms with E-state index in [4.69, 9.17) is 4.42 Å². The zero-order chi connectivity index (χ0) is 20.0. The van der Waals surface area contributed by atoms with E-state index in [0.717, 1.165) is 21.9 Å². The summed E-state index contributed by atoms with van der Waals surface area (Å²) in [5.41, 5.74) is 3.39. The highest BCUT2D eigenvalue weighted by Crippen LogP contribution is 2.35. The molecular weight excluding hydrogens is 374 g/mol. The molecule has 4 heteroatoms. The van der Waals surface area contributed by atoms with Crippen molar-refractivity contribution in [3.05, 3.63) is 99.3 Å². The zero-order valence-electron chi connectivity index (χ0n) is 15.7. The third-order valence-corrected chi connectivity index (χ3v) is 6.13. The Morgan fingerprint density at radius 2 is 1.13 bits per heavy atom. The Balaban J connectivity index is 1.97. The highest BCUT2D eigenvalue weighted by Gasteiger charge is 2.20. The number of para-hydroxylation sites is 3. The molecule has 4 aromatic carbocycles. The van der Waals surface area contributed by atoms with Gasteiger partial charge in [0.05, 0.1) is 16.4 Å². The lowest BCUT2D eigenvalue weighted by atomic mass is 10.0. The Morgan fingerprint density at radius 3 is 1.97 bits per heavy atom. The summed E-state index contributed by atoms with van der Waals surface area (Å²) >= 11 is 0. The summed E-state index contributed by atoms with van der Waals surface area (Å²) < 4.78 is 8.30. The normalized spacial score (nSPS) is 12.3. The van der Waals surface area contributed by atoms with Gasteiger partial charge in [-0.15, -0.1) is 0 Å². The maximum Gasteiger partial charge on any atom is 0.197 e. The minimum atomic E-state index is -0.0902. The number of hydrogen-bond acceptors (Lipinski definition) is 3. The van der Waals surface area contributed by atoms with Crippen LogP contribution in [0.15, 0.2) is 92.9 Å². The minimum Gasteiger partial charge on any atom is -0.454 e. The molecule has 0 atom stereocenters. The van der Waals surface area contributed by atoms with E-state index in [0.29, 0.717) is 38.2 Å². The quantitative estimate of drug-likeness (QED) is 0.257. The molecule has 0 aliphatic rings. The molecule has 0 aliphatic heterocycles. The molecule has 3 heterocycles. The fraction of sp³-hybridized carbons (Fsp3) is 0. The fourth-order valence-corrected chi connectivity index (χ4v) is 4.83. The van der Waals surface area contributed by atoms with Crippen molar-refractivity contribution in [2.24, 2.45) is 0 Å². The molecule has 3 aromatic heterocycles. The summed E-state index contributed by atoms with van der Waals surface area (Å²) in [5.74, 6) is 0. The molecule has 0 N–H and O–H groups in total. The van der Waals surface area contributed by atoms with Crippen molar-refractivity contribution in [2.75, 3.05) is 0 Å². The molecule has 0 amide bonds. The standard InChI is InChI=1S/C26H13NO3/c28-24-16-7-1-3-10-20(16)27-22-17(24)8-5-9-18(22)25(29)19-13-12-15-14-6-2-4-11-21(14)30-26(15)23(19)27/h1-13H. The van der Waals surface area contributed by atoms with E-state index in [2.05, 4.69) is 0 Å². The number of benzene rings is 4. The first-order valence-electron chi connectivity index (χ1n) is 9.80. The SMILES string of the molecule is O=c1c2ccccc2n2c3c1cccc3c(=O)c1ccc3c4ccccc4oc3c12. The van der Waals surface area contributed by atoms with Gasteiger partial charge in [-0.25, -0.2) is 0 Å². The van der Waals surface area contributed by atoms with Crippen LogP contribution in [0.25, 0.3) is 60.0 Å². The number of aromatic nitrogens is 1. The summed E-state index contributed by atoms with van der Waals surface area (Å²) in [6.45, 7) is 0. The molecular formula is C26H13NO3. The number of fused-ring (bicyclic) bond motifs is 8. The zero-order valence-corrected chi connectivity index (χ0v) is 15.7. The lowest BCUT2D eigenvalue weighted by Crippen LogP contribution is -2.14. The molecule has 0 saturated carbocycles. The average molecular weight is 387 g/mol. The van der Waals surface area contributed by atoms with Crippen LogP contribution in [0.3, 0.4) is 0 Å². The molecule has 30 heavy (non-hydrogen) atoms. The summed E-state index contributed by atoms with van der Waals surface area (Å²) in [7, 11) is 0. The second kappa shape index (κ2) is 5.24. The molecule has 0 unspecified atom stereocenters. The second-order valence-corrected chi connectivity index (χ2v) is 7.65. The lowest BCUT2D eigenvalue weighted by molar-refractivity contribution is 0.671. The van der Waals surface area contributed by atoms with E-state index in [1.54, 1.807) is 18.2 Å². The summed E-state index contributed by atoms with van der Waals surface area (Å²) in [5, 5.41) is 4.23. The Bertz CT molecular complexity index is 1930. The van der Waals surface area contributed by atoms with Gasteiger partial charge in [0.1, 0.15) is 11.1 Å². The molecule has 4 nitrogen and oxygen atoms in total. The van der Waals surface area contributed by atoms with Crippen LogP contribution in [0.2, 0.25) is 0 Å². The summed E-state index contributed by atoms with van der Waals surface area (Å²) in [4.78, 5) is 26.7. The maximum absolute atomic E-state index is 13.4. The number of nitrogens with zero attached hydrogens (tertiary/aromatic N) is 1. The van der Waals surface area contributed by atoms with Gasteiger partial charge in [0, 0.05) is 26.9 Å². The molecule has 0 saturated heterocycles. The van der Waals surface area contributed by atoms with Gasteiger partial charge in [-0.05, 0) is 42.5 Å². The molecule has 0 spiro atoms. The third-order valence-electron chi connectivity index (χ3n) is 6.13. The van der Waals surface area contributed by atoms with Gasteiger partial charge < -0.3 is 8.82 Å². The lowest BCUT2D eigenvalue weighted by Gasteiger charge is -2.14. The first-order valence-corrected chi connectivity index (χ1v) is 9.80. The predicted molar refractivity (Wildman–Crippen MR) is 121 cm³/mol. The van der Waals surface area contributed by atoms with E-state index < -0.39 is 0 Å². The molecule has 140 valence electrons. The Kier molecular flexibility index (Phi) is 2.75. The van der Waals surface area contributed by atoms with Crippen molar-refractivity contribution in [1.82, 2.24) is 4.40 Å². The van der Waals surface area contributed by atoms with Gasteiger partial charge in [-0.2, -0.15) is 0 Å². The first-order chi connectivity index (χ1) is 14.7. The molecule has 0 bridgehead atoms. The maximum atomic E-state index is 13.4. The van der Waals surface area contributed by atoms with Crippen LogP contribution in [-0.2, 0) is 0 Å². The van der Waals surface area contributed by atoms with Crippen LogP contribution < -0.4 is 10.9 Å². The molecule has 0 fully saturated rings. The van der Waals surface area contributed by atoms with E-state index in [9.17, 15) is 9.59 Å². The van der Waals surface area contributed by atoms with Gasteiger partial charge in [-0.1, -0.05) is 36.4 Å². The average Bonchev–Trinajstić information content (AvgIpc) is 3.17. The third kappa shape index (κ3) is 1.72. The Hall–Kier alpha value is -4.18. The van der Waals surface area contributed by atoms with Crippen molar-refractivity contribution in [3.8, 4) is 0 Å². The molecule has 0 radical (unpaired) electrons. The highest BCUT2D eigenvalue weighted by molar-refractivity contribution is 6.18. The van der Waals surface area contributed by atoms with Crippen LogP contribution >= 0.6 is 0 Å². The topological polar surface area (TPSA) is 51.7 Å². The molecule has 0 aliphatic carbocycles. The van der Waals surface area contributed by atoms with Gasteiger partial charge in [0.2, 0.25) is 0 Å². The monoisotopic (exact) mass is 387 g/mol. The van der Waals surface area contributed by atoms with Crippen molar-refractivity contribution in [1.29, 1.82) is 0 Å². The van der Waals surface area contributed by atoms with Crippen molar-refractivity contribution in [2.45, 2.75) is 0 Å². The van der Waals surface area contributed by atoms with Gasteiger partial charge in [-0.3, -0.25) is 9.59 Å². The van der Waals surface area contributed by atoms with E-state index in [1.807, 2.05) is 65.1 Å². The van der Waals surface area contributed by atoms with E-state index in [1.165, 1.54) is 0 Å². The molecule has 7 rings (SSSR count). The number of hydrogen-bond donors (Lipinski definition) is 0. The van der Waals surface area contributed by atoms with Crippen LogP contribution in [0.4, 0.5) is 0 Å². The van der Waals surface area contributed by atoms with Gasteiger partial charge >= 0.3 is 0 Å². The first kappa shape index (κ1) is 15.7. The van der Waals surface area contributed by atoms with Crippen LogP contribution in [0, 0.1) is 0 Å². The van der Waals surface area contributed by atoms with E-state index >= 15 is 0 Å². The largest absolute Gasteiger partial charge is 0.454 e. The van der Waals surface area contributed by atoms with Crippen molar-refractivity contribution in [3.63, 3.8) is 0 Å². The summed E-state index contributed by atoms with van der Waals surface area (Å²) in [6, 6.07) is 24.6. The smallest absolute Gasteiger partial charge is 0.197 e.